The summed E-state index contributed by atoms with van der Waals surface area (Å²) in [6.45, 7) is 0.307. The lowest BCUT2D eigenvalue weighted by Gasteiger charge is -2.08. The topological polar surface area (TPSA) is 101 Å². The first-order valence-electron chi connectivity index (χ1n) is 9.46. The molecule has 0 spiro atoms. The monoisotopic (exact) mass is 438 g/mol. The Kier molecular flexibility index (Phi) is 5.68. The molecule has 2 aromatic carbocycles. The van der Waals surface area contributed by atoms with Gasteiger partial charge in [0, 0.05) is 30.9 Å². The van der Waals surface area contributed by atoms with Crippen LogP contribution in [0.25, 0.3) is 16.0 Å². The van der Waals surface area contributed by atoms with Crippen LogP contribution >= 0.6 is 11.3 Å². The molecule has 0 saturated heterocycles. The second-order valence-electron chi connectivity index (χ2n) is 6.69. The van der Waals surface area contributed by atoms with E-state index in [-0.39, 0.29) is 0 Å². The highest BCUT2D eigenvalue weighted by Crippen LogP contribution is 2.37. The summed E-state index contributed by atoms with van der Waals surface area (Å²) in [5.41, 5.74) is 9.11. The molecule has 0 bridgehead atoms. The second-order valence-corrected chi connectivity index (χ2v) is 7.72. The fraction of sp³-hybridized carbons (Fsp3) is 0.182. The Morgan fingerprint density at radius 2 is 1.90 bits per heavy atom. The van der Waals surface area contributed by atoms with Crippen molar-refractivity contribution in [3.63, 3.8) is 0 Å². The van der Waals surface area contributed by atoms with E-state index >= 15 is 0 Å². The van der Waals surface area contributed by atoms with Crippen LogP contribution in [0.15, 0.2) is 48.8 Å². The Morgan fingerprint density at radius 1 is 1.13 bits per heavy atom. The molecular weight excluding hydrogens is 416 g/mol. The highest BCUT2D eigenvalue weighted by molar-refractivity contribution is 7.16. The zero-order valence-electron chi connectivity index (χ0n) is 17.3. The largest absolute Gasteiger partial charge is 0.493 e. The predicted octanol–water partition coefficient (Wildman–Crippen LogP) is 3.82. The van der Waals surface area contributed by atoms with E-state index in [1.807, 2.05) is 41.9 Å². The van der Waals surface area contributed by atoms with Crippen LogP contribution in [-0.4, -0.2) is 36.7 Å². The number of nitrogens with one attached hydrogen (secondary N) is 1. The number of rotatable bonds is 8. The first kappa shape index (κ1) is 20.5. The van der Waals surface area contributed by atoms with Gasteiger partial charge in [-0.05, 0) is 17.7 Å². The Labute approximate surface area is 183 Å². The van der Waals surface area contributed by atoms with E-state index in [2.05, 4.69) is 10.3 Å². The van der Waals surface area contributed by atoms with Gasteiger partial charge >= 0.3 is 0 Å². The van der Waals surface area contributed by atoms with E-state index < -0.39 is 5.91 Å². The Balaban J connectivity index is 1.69. The number of carbonyl (C=O) groups excluding carboxylic acids is 1. The van der Waals surface area contributed by atoms with Gasteiger partial charge in [0.15, 0.2) is 11.5 Å². The average Bonchev–Trinajstić information content (AvgIpc) is 3.40. The van der Waals surface area contributed by atoms with E-state index in [1.54, 1.807) is 32.7 Å². The molecular formula is C22H22N4O4S. The number of carbonyl (C=O) groups is 1. The van der Waals surface area contributed by atoms with Crippen molar-refractivity contribution in [2.24, 2.45) is 5.73 Å². The molecule has 9 heteroatoms. The average molecular weight is 439 g/mol. The SMILES string of the molecule is CNc1cccc(COc2cc(-n3cnc4cc(OC)c(OC)cc43)sc2C(N)=O)c1. The van der Waals surface area contributed by atoms with Gasteiger partial charge in [-0.1, -0.05) is 12.1 Å². The van der Waals surface area contributed by atoms with Crippen LogP contribution < -0.4 is 25.3 Å². The summed E-state index contributed by atoms with van der Waals surface area (Å²) < 4.78 is 18.6. The number of nitrogens with two attached hydrogens (primary N) is 1. The van der Waals surface area contributed by atoms with Crippen LogP contribution in [0, 0.1) is 0 Å². The number of thiophene rings is 1. The lowest BCUT2D eigenvalue weighted by atomic mass is 10.2. The Morgan fingerprint density at radius 3 is 2.61 bits per heavy atom. The molecule has 3 N–H and O–H groups in total. The number of ether oxygens (including phenoxy) is 3. The minimum Gasteiger partial charge on any atom is -0.493 e. The zero-order chi connectivity index (χ0) is 22.0. The van der Waals surface area contributed by atoms with Gasteiger partial charge in [0.1, 0.15) is 28.6 Å². The van der Waals surface area contributed by atoms with E-state index in [4.69, 9.17) is 19.9 Å². The number of nitrogens with zero attached hydrogens (tertiary/aromatic N) is 2. The second kappa shape index (κ2) is 8.57. The number of anilines is 1. The molecule has 0 radical (unpaired) electrons. The van der Waals surface area contributed by atoms with E-state index in [9.17, 15) is 4.79 Å². The van der Waals surface area contributed by atoms with Gasteiger partial charge < -0.3 is 25.3 Å². The van der Waals surface area contributed by atoms with Crippen LogP contribution in [0.2, 0.25) is 0 Å². The summed E-state index contributed by atoms with van der Waals surface area (Å²) in [7, 11) is 5.01. The number of hydrogen-bond donors (Lipinski definition) is 2. The lowest BCUT2D eigenvalue weighted by molar-refractivity contribution is 0.1000. The number of hydrogen-bond acceptors (Lipinski definition) is 7. The Hall–Kier alpha value is -3.72. The molecule has 0 saturated carbocycles. The molecule has 0 unspecified atom stereocenters. The molecule has 4 rings (SSSR count). The summed E-state index contributed by atoms with van der Waals surface area (Å²) >= 11 is 1.25. The first-order chi connectivity index (χ1) is 15.0. The third-order valence-electron chi connectivity index (χ3n) is 4.81. The van der Waals surface area contributed by atoms with Crippen LogP contribution in [0.5, 0.6) is 17.2 Å². The van der Waals surface area contributed by atoms with Crippen LogP contribution in [0.4, 0.5) is 5.69 Å². The molecule has 0 fully saturated rings. The van der Waals surface area contributed by atoms with Crippen molar-refractivity contribution in [1.82, 2.24) is 9.55 Å². The van der Waals surface area contributed by atoms with E-state index in [0.717, 1.165) is 27.3 Å². The number of methoxy groups -OCH3 is 2. The predicted molar refractivity (Wildman–Crippen MR) is 121 cm³/mol. The maximum Gasteiger partial charge on any atom is 0.262 e. The van der Waals surface area contributed by atoms with Crippen LogP contribution in [0.1, 0.15) is 15.2 Å². The van der Waals surface area contributed by atoms with Gasteiger partial charge in [0.2, 0.25) is 0 Å². The molecule has 0 aliphatic carbocycles. The molecule has 160 valence electrons. The normalized spacial score (nSPS) is 10.8. The summed E-state index contributed by atoms with van der Waals surface area (Å²) in [4.78, 5) is 16.8. The maximum atomic E-state index is 12.0. The third kappa shape index (κ3) is 3.99. The van der Waals surface area contributed by atoms with Crippen LogP contribution in [-0.2, 0) is 6.61 Å². The van der Waals surface area contributed by atoms with Crippen molar-refractivity contribution in [3.8, 4) is 22.2 Å². The minimum atomic E-state index is -0.543. The fourth-order valence-corrected chi connectivity index (χ4v) is 4.19. The summed E-state index contributed by atoms with van der Waals surface area (Å²) in [5, 5.41) is 3.85. The molecule has 0 aliphatic rings. The molecule has 2 aromatic heterocycles. The number of benzene rings is 2. The molecule has 2 heterocycles. The van der Waals surface area contributed by atoms with Gasteiger partial charge in [-0.3, -0.25) is 9.36 Å². The Bertz CT molecular complexity index is 1250. The molecule has 0 atom stereocenters. The first-order valence-corrected chi connectivity index (χ1v) is 10.3. The number of aromatic nitrogens is 2. The highest BCUT2D eigenvalue weighted by atomic mass is 32.1. The quantitative estimate of drug-likeness (QED) is 0.434. The number of primary amides is 1. The third-order valence-corrected chi connectivity index (χ3v) is 5.94. The van der Waals surface area contributed by atoms with Gasteiger partial charge in [-0.15, -0.1) is 11.3 Å². The molecule has 0 aliphatic heterocycles. The van der Waals surface area contributed by atoms with Gasteiger partial charge in [-0.2, -0.15) is 0 Å². The molecule has 4 aromatic rings. The smallest absolute Gasteiger partial charge is 0.262 e. The van der Waals surface area contributed by atoms with Crippen LogP contribution in [0.3, 0.4) is 0 Å². The summed E-state index contributed by atoms with van der Waals surface area (Å²) in [5.74, 6) is 1.07. The number of imidazole rings is 1. The summed E-state index contributed by atoms with van der Waals surface area (Å²) in [6.07, 6.45) is 1.68. The molecule has 8 nitrogen and oxygen atoms in total. The van der Waals surface area contributed by atoms with Crippen molar-refractivity contribution in [3.05, 3.63) is 59.2 Å². The van der Waals surface area contributed by atoms with E-state index in [1.165, 1.54) is 11.3 Å². The minimum absolute atomic E-state index is 0.307. The fourth-order valence-electron chi connectivity index (χ4n) is 3.25. The van der Waals surface area contributed by atoms with Crippen molar-refractivity contribution in [2.75, 3.05) is 26.6 Å². The van der Waals surface area contributed by atoms with Crippen molar-refractivity contribution in [1.29, 1.82) is 0 Å². The highest BCUT2D eigenvalue weighted by Gasteiger charge is 2.19. The lowest BCUT2D eigenvalue weighted by Crippen LogP contribution is -2.10. The maximum absolute atomic E-state index is 12.0. The van der Waals surface area contributed by atoms with Crippen molar-refractivity contribution < 1.29 is 19.0 Å². The van der Waals surface area contributed by atoms with Crippen molar-refractivity contribution >= 4 is 34.0 Å². The number of fused-ring (bicyclic) bond motifs is 1. The van der Waals surface area contributed by atoms with Gasteiger partial charge in [0.25, 0.3) is 5.91 Å². The van der Waals surface area contributed by atoms with Gasteiger partial charge in [0.05, 0.1) is 25.3 Å². The van der Waals surface area contributed by atoms with E-state index in [0.29, 0.717) is 28.7 Å². The molecule has 31 heavy (non-hydrogen) atoms. The molecule has 1 amide bonds. The zero-order valence-corrected chi connectivity index (χ0v) is 18.2. The number of amides is 1. The van der Waals surface area contributed by atoms with Gasteiger partial charge in [-0.25, -0.2) is 4.98 Å². The summed E-state index contributed by atoms with van der Waals surface area (Å²) in [6, 6.07) is 13.3. The van der Waals surface area contributed by atoms with Crippen molar-refractivity contribution in [2.45, 2.75) is 6.61 Å². The standard InChI is InChI=1S/C22H22N4O4S/c1-24-14-6-4-5-13(7-14)11-30-19-10-20(31-21(19)22(23)27)26-12-25-15-8-17(28-2)18(29-3)9-16(15)26/h4-10,12,24H,11H2,1-3H3,(H2,23,27).